The number of amides is 2. The molecule has 2 amide bonds. The van der Waals surface area contributed by atoms with Gasteiger partial charge in [0.1, 0.15) is 11.3 Å². The van der Waals surface area contributed by atoms with Crippen molar-refractivity contribution >= 4 is 11.8 Å². The number of aromatic nitrogens is 1. The van der Waals surface area contributed by atoms with Crippen molar-refractivity contribution in [2.24, 2.45) is 0 Å². The van der Waals surface area contributed by atoms with Gasteiger partial charge >= 0.3 is 0 Å². The molecule has 0 spiro atoms. The van der Waals surface area contributed by atoms with Crippen LogP contribution < -0.4 is 20.9 Å². The number of nitrogens with one attached hydrogen (secondary N) is 2. The Morgan fingerprint density at radius 2 is 2.00 bits per heavy atom. The minimum absolute atomic E-state index is 0.0566. The van der Waals surface area contributed by atoms with Crippen LogP contribution in [0.2, 0.25) is 0 Å². The highest BCUT2D eigenvalue weighted by Crippen LogP contribution is 2.19. The molecule has 1 aromatic heterocycles. The SMILES string of the molecule is CNC(=O)c1cc(C(=O)NC2CC2)cn(Cc2cccc(OC)c2)c1=O. The second kappa shape index (κ2) is 7.43. The first kappa shape index (κ1) is 17.7. The van der Waals surface area contributed by atoms with Gasteiger partial charge in [-0.15, -0.1) is 0 Å². The number of carbonyl (C=O) groups excluding carboxylic acids is 2. The fraction of sp³-hybridized carbons (Fsp3) is 0.316. The summed E-state index contributed by atoms with van der Waals surface area (Å²) in [6, 6.07) is 8.82. The third kappa shape index (κ3) is 3.93. The highest BCUT2D eigenvalue weighted by Gasteiger charge is 2.25. The van der Waals surface area contributed by atoms with Crippen molar-refractivity contribution in [3.05, 3.63) is 63.6 Å². The Labute approximate surface area is 151 Å². The van der Waals surface area contributed by atoms with Gasteiger partial charge in [-0.1, -0.05) is 12.1 Å². The predicted octanol–water partition coefficient (Wildman–Crippen LogP) is 1.16. The molecule has 1 aliphatic carbocycles. The van der Waals surface area contributed by atoms with Crippen LogP contribution in [-0.2, 0) is 6.54 Å². The van der Waals surface area contributed by atoms with E-state index in [4.69, 9.17) is 4.74 Å². The van der Waals surface area contributed by atoms with Crippen molar-refractivity contribution in [1.82, 2.24) is 15.2 Å². The van der Waals surface area contributed by atoms with Crippen LogP contribution in [0.25, 0.3) is 0 Å². The molecule has 1 saturated carbocycles. The molecule has 7 heteroatoms. The lowest BCUT2D eigenvalue weighted by atomic mass is 10.1. The topological polar surface area (TPSA) is 89.4 Å². The summed E-state index contributed by atoms with van der Waals surface area (Å²) < 4.78 is 6.58. The molecule has 1 aliphatic rings. The fourth-order valence-corrected chi connectivity index (χ4v) is 2.64. The summed E-state index contributed by atoms with van der Waals surface area (Å²) in [5, 5.41) is 5.32. The maximum absolute atomic E-state index is 12.7. The lowest BCUT2D eigenvalue weighted by Gasteiger charge is -2.12. The smallest absolute Gasteiger partial charge is 0.263 e. The van der Waals surface area contributed by atoms with Crippen LogP contribution in [0.5, 0.6) is 5.75 Å². The minimum Gasteiger partial charge on any atom is -0.497 e. The molecule has 1 aromatic carbocycles. The number of benzene rings is 1. The summed E-state index contributed by atoms with van der Waals surface area (Å²) in [7, 11) is 3.02. The molecular formula is C19H21N3O4. The first-order valence-corrected chi connectivity index (χ1v) is 8.42. The van der Waals surface area contributed by atoms with Gasteiger partial charge in [-0.2, -0.15) is 0 Å². The summed E-state index contributed by atoms with van der Waals surface area (Å²) in [5.41, 5.74) is 0.612. The van der Waals surface area contributed by atoms with Crippen molar-refractivity contribution in [3.63, 3.8) is 0 Å². The zero-order valence-electron chi connectivity index (χ0n) is 14.7. The molecule has 0 radical (unpaired) electrons. The first-order valence-electron chi connectivity index (χ1n) is 8.42. The molecule has 1 fully saturated rings. The summed E-state index contributed by atoms with van der Waals surface area (Å²) >= 11 is 0. The molecule has 136 valence electrons. The van der Waals surface area contributed by atoms with Crippen LogP contribution in [-0.4, -0.2) is 36.6 Å². The van der Waals surface area contributed by atoms with Crippen LogP contribution in [0.1, 0.15) is 39.1 Å². The Morgan fingerprint density at radius 1 is 1.23 bits per heavy atom. The minimum atomic E-state index is -0.518. The Bertz CT molecular complexity index is 900. The average molecular weight is 355 g/mol. The van der Waals surface area contributed by atoms with Gasteiger partial charge in [-0.25, -0.2) is 0 Å². The van der Waals surface area contributed by atoms with Gasteiger partial charge < -0.3 is 19.9 Å². The number of hydrogen-bond acceptors (Lipinski definition) is 4. The van der Waals surface area contributed by atoms with E-state index in [0.717, 1.165) is 18.4 Å². The van der Waals surface area contributed by atoms with E-state index < -0.39 is 11.5 Å². The van der Waals surface area contributed by atoms with Crippen molar-refractivity contribution in [3.8, 4) is 5.75 Å². The highest BCUT2D eigenvalue weighted by atomic mass is 16.5. The van der Waals surface area contributed by atoms with Crippen LogP contribution in [0, 0.1) is 0 Å². The van der Waals surface area contributed by atoms with E-state index in [1.54, 1.807) is 7.11 Å². The normalized spacial score (nSPS) is 13.2. The second-order valence-electron chi connectivity index (χ2n) is 6.25. The van der Waals surface area contributed by atoms with E-state index in [2.05, 4.69) is 10.6 Å². The molecule has 0 unspecified atom stereocenters. The number of pyridine rings is 1. The Kier molecular flexibility index (Phi) is 5.06. The second-order valence-corrected chi connectivity index (χ2v) is 6.25. The molecule has 26 heavy (non-hydrogen) atoms. The summed E-state index contributed by atoms with van der Waals surface area (Å²) in [4.78, 5) is 37.1. The Hall–Kier alpha value is -3.09. The molecule has 2 N–H and O–H groups in total. The van der Waals surface area contributed by atoms with Crippen LogP contribution in [0.3, 0.4) is 0 Å². The quantitative estimate of drug-likeness (QED) is 0.814. The summed E-state index contributed by atoms with van der Waals surface area (Å²) in [5.74, 6) is -0.128. The average Bonchev–Trinajstić information content (AvgIpc) is 3.46. The van der Waals surface area contributed by atoms with Gasteiger partial charge in [0, 0.05) is 19.3 Å². The maximum Gasteiger partial charge on any atom is 0.263 e. The van der Waals surface area contributed by atoms with E-state index in [9.17, 15) is 14.4 Å². The van der Waals surface area contributed by atoms with Crippen LogP contribution in [0.4, 0.5) is 0 Å². The van der Waals surface area contributed by atoms with Crippen molar-refractivity contribution in [1.29, 1.82) is 0 Å². The van der Waals surface area contributed by atoms with Gasteiger partial charge in [0.15, 0.2) is 0 Å². The standard InChI is InChI=1S/C19H21N3O4/c1-20-18(24)16-9-13(17(23)21-14-6-7-14)11-22(19(16)25)10-12-4-3-5-15(8-12)26-2/h3-5,8-9,11,14H,6-7,10H2,1-2H3,(H,20,24)(H,21,23). The third-order valence-corrected chi connectivity index (χ3v) is 4.22. The number of nitrogens with zero attached hydrogens (tertiary/aromatic N) is 1. The van der Waals surface area contributed by atoms with E-state index in [1.165, 1.54) is 23.9 Å². The van der Waals surface area contributed by atoms with Gasteiger partial charge in [0.2, 0.25) is 0 Å². The molecule has 7 nitrogen and oxygen atoms in total. The number of hydrogen-bond donors (Lipinski definition) is 2. The fourth-order valence-electron chi connectivity index (χ4n) is 2.64. The van der Waals surface area contributed by atoms with E-state index in [1.807, 2.05) is 24.3 Å². The molecule has 0 saturated heterocycles. The molecule has 1 heterocycles. The molecular weight excluding hydrogens is 334 g/mol. The van der Waals surface area contributed by atoms with Crippen molar-refractivity contribution in [2.75, 3.05) is 14.2 Å². The predicted molar refractivity (Wildman–Crippen MR) is 96.7 cm³/mol. The van der Waals surface area contributed by atoms with Crippen molar-refractivity contribution < 1.29 is 14.3 Å². The molecule has 2 aromatic rings. The molecule has 0 bridgehead atoms. The van der Waals surface area contributed by atoms with Gasteiger partial charge in [0.25, 0.3) is 17.4 Å². The molecule has 0 atom stereocenters. The van der Waals surface area contributed by atoms with Gasteiger partial charge in [-0.3, -0.25) is 14.4 Å². The Morgan fingerprint density at radius 3 is 2.65 bits per heavy atom. The monoisotopic (exact) mass is 355 g/mol. The van der Waals surface area contributed by atoms with E-state index in [0.29, 0.717) is 5.75 Å². The van der Waals surface area contributed by atoms with Crippen LogP contribution in [0.15, 0.2) is 41.3 Å². The van der Waals surface area contributed by atoms with E-state index >= 15 is 0 Å². The zero-order chi connectivity index (χ0) is 18.7. The highest BCUT2D eigenvalue weighted by molar-refractivity contribution is 5.99. The van der Waals surface area contributed by atoms with Crippen LogP contribution >= 0.6 is 0 Å². The lowest BCUT2D eigenvalue weighted by Crippen LogP contribution is -2.34. The maximum atomic E-state index is 12.7. The van der Waals surface area contributed by atoms with Crippen molar-refractivity contribution in [2.45, 2.75) is 25.4 Å². The Balaban J connectivity index is 1.99. The molecule has 0 aliphatic heterocycles. The summed E-state index contributed by atoms with van der Waals surface area (Å²) in [6.45, 7) is 0.227. The number of rotatable bonds is 6. The molecule has 3 rings (SSSR count). The first-order chi connectivity index (χ1) is 12.5. The number of carbonyl (C=O) groups is 2. The lowest BCUT2D eigenvalue weighted by molar-refractivity contribution is 0.0950. The van der Waals surface area contributed by atoms with Gasteiger partial charge in [-0.05, 0) is 36.6 Å². The van der Waals surface area contributed by atoms with Gasteiger partial charge in [0.05, 0.1) is 19.2 Å². The summed E-state index contributed by atoms with van der Waals surface area (Å²) in [6.07, 6.45) is 3.40. The largest absolute Gasteiger partial charge is 0.497 e. The van der Waals surface area contributed by atoms with E-state index in [-0.39, 0.29) is 29.6 Å². The third-order valence-electron chi connectivity index (χ3n) is 4.22. The number of ether oxygens (including phenoxy) is 1. The zero-order valence-corrected chi connectivity index (χ0v) is 14.7. The number of methoxy groups -OCH3 is 1.